The van der Waals surface area contributed by atoms with Crippen LogP contribution >= 0.6 is 11.3 Å². The molecule has 6 nitrogen and oxygen atoms in total. The molecule has 0 unspecified atom stereocenters. The zero-order chi connectivity index (χ0) is 20.4. The molecule has 2 aliphatic heterocycles. The average Bonchev–Trinajstić information content (AvgIpc) is 3.16. The molecule has 1 aromatic heterocycles. The Morgan fingerprint density at radius 1 is 1.41 bits per heavy atom. The third kappa shape index (κ3) is 4.51. The zero-order valence-corrected chi connectivity index (χ0v) is 17.8. The van der Waals surface area contributed by atoms with Gasteiger partial charge in [0.05, 0.1) is 16.2 Å². The second-order valence-corrected chi connectivity index (χ2v) is 9.36. The minimum Gasteiger partial charge on any atom is -0.349 e. The number of likely N-dealkylation sites (tertiary alicyclic amines) is 1. The number of rotatable bonds is 4. The van der Waals surface area contributed by atoms with Crippen molar-refractivity contribution in [2.24, 2.45) is 0 Å². The molecule has 0 aliphatic carbocycles. The third-order valence-electron chi connectivity index (χ3n) is 5.94. The van der Waals surface area contributed by atoms with Gasteiger partial charge in [-0.25, -0.2) is 4.98 Å². The number of carbonyl (C=O) groups excluding carboxylic acids is 2. The molecule has 2 saturated heterocycles. The number of anilines is 1. The van der Waals surface area contributed by atoms with Crippen molar-refractivity contribution in [1.82, 2.24) is 15.2 Å². The molecule has 0 bridgehead atoms. The summed E-state index contributed by atoms with van der Waals surface area (Å²) in [5.74, 6) is 0.251. The maximum absolute atomic E-state index is 12.5. The fraction of sp³-hybridized carbons (Fsp3) is 0.500. The number of hydrogen-bond donors (Lipinski definition) is 2. The number of hydrogen-bond acceptors (Lipinski definition) is 5. The second kappa shape index (κ2) is 8.24. The Hall–Kier alpha value is -2.25. The van der Waals surface area contributed by atoms with Crippen LogP contribution in [0.25, 0.3) is 0 Å². The van der Waals surface area contributed by atoms with E-state index in [-0.39, 0.29) is 23.3 Å². The molecular weight excluding hydrogens is 384 g/mol. The van der Waals surface area contributed by atoms with E-state index in [0.717, 1.165) is 60.8 Å². The summed E-state index contributed by atoms with van der Waals surface area (Å²) in [6.07, 6.45) is 3.56. The lowest BCUT2D eigenvalue weighted by Crippen LogP contribution is -2.52. The molecule has 154 valence electrons. The molecule has 2 amide bonds. The number of nitrogens with one attached hydrogen (secondary N) is 2. The normalized spacial score (nSPS) is 25.0. The van der Waals surface area contributed by atoms with Crippen molar-refractivity contribution >= 4 is 28.8 Å². The Morgan fingerprint density at radius 2 is 2.28 bits per heavy atom. The summed E-state index contributed by atoms with van der Waals surface area (Å²) in [7, 11) is 0. The van der Waals surface area contributed by atoms with Gasteiger partial charge in [0, 0.05) is 50.0 Å². The minimum absolute atomic E-state index is 0.0772. The molecule has 3 heterocycles. The Labute approximate surface area is 175 Å². The summed E-state index contributed by atoms with van der Waals surface area (Å²) >= 11 is 1.68. The first-order valence-electron chi connectivity index (χ1n) is 10.3. The number of nitrogens with zero attached hydrogens (tertiary/aromatic N) is 2. The largest absolute Gasteiger partial charge is 0.349 e. The van der Waals surface area contributed by atoms with E-state index in [1.54, 1.807) is 11.3 Å². The van der Waals surface area contributed by atoms with Crippen LogP contribution in [0, 0.1) is 6.92 Å². The van der Waals surface area contributed by atoms with Gasteiger partial charge in [-0.1, -0.05) is 18.6 Å². The molecule has 4 rings (SSSR count). The van der Waals surface area contributed by atoms with Gasteiger partial charge < -0.3 is 10.6 Å². The molecule has 2 aliphatic rings. The van der Waals surface area contributed by atoms with Crippen LogP contribution in [0.15, 0.2) is 29.6 Å². The van der Waals surface area contributed by atoms with Gasteiger partial charge in [0.15, 0.2) is 0 Å². The predicted molar refractivity (Wildman–Crippen MR) is 115 cm³/mol. The summed E-state index contributed by atoms with van der Waals surface area (Å²) < 4.78 is 0. The fourth-order valence-corrected chi connectivity index (χ4v) is 5.41. The predicted octanol–water partition coefficient (Wildman–Crippen LogP) is 3.44. The van der Waals surface area contributed by atoms with E-state index in [4.69, 9.17) is 0 Å². The van der Waals surface area contributed by atoms with Crippen molar-refractivity contribution < 1.29 is 9.59 Å². The minimum atomic E-state index is -0.270. The van der Waals surface area contributed by atoms with E-state index in [0.29, 0.717) is 6.42 Å². The van der Waals surface area contributed by atoms with E-state index in [9.17, 15) is 9.59 Å². The smallest absolute Gasteiger partial charge is 0.221 e. The number of thiazole rings is 1. The summed E-state index contributed by atoms with van der Waals surface area (Å²) in [4.78, 5) is 31.0. The highest BCUT2D eigenvalue weighted by Gasteiger charge is 2.48. The Kier molecular flexibility index (Phi) is 5.69. The lowest BCUT2D eigenvalue weighted by atomic mass is 9.79. The van der Waals surface area contributed by atoms with Gasteiger partial charge in [-0.3, -0.25) is 14.5 Å². The average molecular weight is 413 g/mol. The molecule has 2 fully saturated rings. The highest BCUT2D eigenvalue weighted by atomic mass is 32.1. The molecule has 0 radical (unpaired) electrons. The number of carbonyl (C=O) groups is 2. The van der Waals surface area contributed by atoms with E-state index in [2.05, 4.69) is 38.0 Å². The van der Waals surface area contributed by atoms with Gasteiger partial charge in [-0.05, 0) is 37.5 Å². The van der Waals surface area contributed by atoms with Crippen LogP contribution in [0.3, 0.4) is 0 Å². The number of aryl methyl sites for hydroxylation is 1. The first-order valence-corrected chi connectivity index (χ1v) is 11.1. The molecule has 1 spiro atoms. The van der Waals surface area contributed by atoms with Gasteiger partial charge in [-0.2, -0.15) is 0 Å². The summed E-state index contributed by atoms with van der Waals surface area (Å²) in [6, 6.07) is 8.07. The van der Waals surface area contributed by atoms with Crippen molar-refractivity contribution in [2.75, 3.05) is 18.4 Å². The number of amides is 2. The number of benzene rings is 1. The molecular formula is C22H28N4O2S. The third-order valence-corrected chi connectivity index (χ3v) is 6.76. The van der Waals surface area contributed by atoms with Gasteiger partial charge in [0.25, 0.3) is 0 Å². The van der Waals surface area contributed by atoms with Crippen LogP contribution in [0.1, 0.15) is 54.8 Å². The van der Waals surface area contributed by atoms with Crippen molar-refractivity contribution in [2.45, 2.75) is 57.5 Å². The second-order valence-electron chi connectivity index (χ2n) is 8.30. The highest BCUT2D eigenvalue weighted by molar-refractivity contribution is 7.09. The highest BCUT2D eigenvalue weighted by Crippen LogP contribution is 2.42. The van der Waals surface area contributed by atoms with Gasteiger partial charge in [0.1, 0.15) is 0 Å². The maximum atomic E-state index is 12.5. The van der Waals surface area contributed by atoms with Crippen LogP contribution in [-0.4, -0.2) is 40.3 Å². The van der Waals surface area contributed by atoms with Crippen molar-refractivity contribution in [1.29, 1.82) is 0 Å². The van der Waals surface area contributed by atoms with Gasteiger partial charge in [-0.15, -0.1) is 11.3 Å². The zero-order valence-electron chi connectivity index (χ0n) is 17.0. The van der Waals surface area contributed by atoms with Crippen LogP contribution < -0.4 is 10.6 Å². The molecule has 0 saturated carbocycles. The summed E-state index contributed by atoms with van der Waals surface area (Å²) in [6.45, 7) is 6.03. The van der Waals surface area contributed by atoms with E-state index >= 15 is 0 Å². The molecule has 2 aromatic rings. The molecule has 1 aromatic carbocycles. The summed E-state index contributed by atoms with van der Waals surface area (Å²) in [5.41, 5.74) is 2.79. The molecule has 2 atom stereocenters. The Bertz CT molecular complexity index is 912. The van der Waals surface area contributed by atoms with Crippen LogP contribution in [0.4, 0.5) is 5.69 Å². The maximum Gasteiger partial charge on any atom is 0.221 e. The Morgan fingerprint density at radius 3 is 3.03 bits per heavy atom. The van der Waals surface area contributed by atoms with Crippen molar-refractivity contribution in [3.8, 4) is 0 Å². The monoisotopic (exact) mass is 412 g/mol. The van der Waals surface area contributed by atoms with E-state index in [1.165, 1.54) is 6.92 Å². The van der Waals surface area contributed by atoms with Gasteiger partial charge >= 0.3 is 0 Å². The molecule has 2 N–H and O–H groups in total. The van der Waals surface area contributed by atoms with Crippen LogP contribution in [0.5, 0.6) is 0 Å². The number of aromatic nitrogens is 1. The Balaban J connectivity index is 1.64. The van der Waals surface area contributed by atoms with Crippen LogP contribution in [-0.2, 0) is 16.1 Å². The van der Waals surface area contributed by atoms with Gasteiger partial charge in [0.2, 0.25) is 11.8 Å². The summed E-state index contributed by atoms with van der Waals surface area (Å²) in [5, 5.41) is 9.49. The lowest BCUT2D eigenvalue weighted by molar-refractivity contribution is -0.122. The van der Waals surface area contributed by atoms with E-state index < -0.39 is 0 Å². The van der Waals surface area contributed by atoms with Crippen molar-refractivity contribution in [3.63, 3.8) is 0 Å². The topological polar surface area (TPSA) is 74.3 Å². The van der Waals surface area contributed by atoms with Crippen molar-refractivity contribution in [3.05, 3.63) is 45.9 Å². The van der Waals surface area contributed by atoms with E-state index in [1.807, 2.05) is 19.1 Å². The molecule has 7 heteroatoms. The van der Waals surface area contributed by atoms with Crippen LogP contribution in [0.2, 0.25) is 0 Å². The quantitative estimate of drug-likeness (QED) is 0.807. The first-order chi connectivity index (χ1) is 13.9. The first kappa shape index (κ1) is 20.0. The standard InChI is InChI=1S/C22H28N4O2S/c1-15(27)23-18-7-5-6-17(10-18)20-12-26(11-19-13-29-16(2)24-19)14-22(20)9-4-3-8-21(28)25-22/h5-7,10,13,20H,3-4,8-9,11-12,14H2,1-2H3,(H,23,27)(H,25,28)/t20-,22+/m0/s1. The lowest BCUT2D eigenvalue weighted by Gasteiger charge is -2.35. The SMILES string of the molecule is CC(=O)Nc1cccc([C@@H]2CN(Cc3csc(C)n3)C[C@]23CCCCC(=O)N3)c1. The molecule has 29 heavy (non-hydrogen) atoms. The fourth-order valence-electron chi connectivity index (χ4n) is 4.81.